The number of hydrogen-bond acceptors (Lipinski definition) is 14. The Balaban J connectivity index is 1.99. The lowest BCUT2D eigenvalue weighted by Gasteiger charge is -2.48. The van der Waals surface area contributed by atoms with Crippen LogP contribution in [0.4, 0.5) is 0 Å². The van der Waals surface area contributed by atoms with Gasteiger partial charge in [-0.25, -0.2) is 0 Å². The van der Waals surface area contributed by atoms with Crippen molar-refractivity contribution in [3.8, 4) is 0 Å². The zero-order valence-electron chi connectivity index (χ0n) is 33.5. The normalized spacial score (nSPS) is 29.5. The van der Waals surface area contributed by atoms with E-state index < -0.39 is 98.6 Å². The van der Waals surface area contributed by atoms with E-state index in [9.17, 15) is 50.4 Å². The zero-order valence-corrected chi connectivity index (χ0v) is 33.5. The lowest BCUT2D eigenvalue weighted by Crippen LogP contribution is -2.74. The summed E-state index contributed by atoms with van der Waals surface area (Å²) in [6, 6.07) is 0. The molecule has 15 heteroatoms. The first-order chi connectivity index (χ1) is 26.4. The van der Waals surface area contributed by atoms with Crippen LogP contribution in [0.25, 0.3) is 0 Å². The average Bonchev–Trinajstić information content (AvgIpc) is 3.14. The summed E-state index contributed by atoms with van der Waals surface area (Å²) >= 11 is 0. The van der Waals surface area contributed by atoms with Crippen molar-refractivity contribution in [2.24, 2.45) is 0 Å². The highest BCUT2D eigenvalue weighted by Crippen LogP contribution is 2.32. The number of carbonyl (C=O) groups excluding carboxylic acids is 2. The van der Waals surface area contributed by atoms with Gasteiger partial charge in [0.25, 0.3) is 0 Å². The maximum atomic E-state index is 13.4. The number of amides is 1. The van der Waals surface area contributed by atoms with Gasteiger partial charge in [0.2, 0.25) is 17.9 Å². The first kappa shape index (κ1) is 49.6. The maximum Gasteiger partial charge on any atom is 0.308 e. The lowest BCUT2D eigenvalue weighted by atomic mass is 9.92. The largest absolute Gasteiger partial charge is 0.462 e. The van der Waals surface area contributed by atoms with Crippen LogP contribution in [0.3, 0.4) is 0 Å². The molecular weight excluding hydrogens is 718 g/mol. The van der Waals surface area contributed by atoms with Crippen LogP contribution in [0.1, 0.15) is 162 Å². The molecule has 0 aromatic heterocycles. The number of hydrogen-bond donors (Lipinski definition) is 9. The Labute approximate surface area is 328 Å². The van der Waals surface area contributed by atoms with Crippen molar-refractivity contribution in [2.45, 2.75) is 229 Å². The van der Waals surface area contributed by atoms with E-state index in [1.165, 1.54) is 57.8 Å². The zero-order chi connectivity index (χ0) is 40.6. The van der Waals surface area contributed by atoms with E-state index in [0.717, 1.165) is 51.4 Å². The number of unbranched alkanes of at least 4 members (excludes halogenated alkanes) is 16. The van der Waals surface area contributed by atoms with Crippen molar-refractivity contribution in [1.29, 1.82) is 0 Å². The van der Waals surface area contributed by atoms with E-state index in [1.807, 2.05) is 0 Å². The summed E-state index contributed by atoms with van der Waals surface area (Å²) in [7, 11) is 0. The highest BCUT2D eigenvalue weighted by Gasteiger charge is 2.57. The van der Waals surface area contributed by atoms with Crippen LogP contribution in [0, 0.1) is 0 Å². The predicted octanol–water partition coefficient (Wildman–Crippen LogP) is 2.97. The van der Waals surface area contributed by atoms with E-state index >= 15 is 0 Å². The van der Waals surface area contributed by atoms with Gasteiger partial charge in [-0.1, -0.05) is 123 Å². The van der Waals surface area contributed by atoms with Gasteiger partial charge in [-0.2, -0.15) is 0 Å². The molecule has 0 aromatic rings. The number of rotatable bonds is 30. The number of nitrogens with one attached hydrogen (secondary N) is 1. The molecule has 15 nitrogen and oxygen atoms in total. The molecule has 0 unspecified atom stereocenters. The minimum absolute atomic E-state index is 0.226. The topological polar surface area (TPSA) is 245 Å². The van der Waals surface area contributed by atoms with Gasteiger partial charge in [-0.15, -0.1) is 0 Å². The van der Waals surface area contributed by atoms with Gasteiger partial charge in [0.15, 0.2) is 6.29 Å². The molecule has 2 rings (SSSR count). The second kappa shape index (κ2) is 28.0. The fourth-order valence-corrected chi connectivity index (χ4v) is 7.31. The minimum atomic E-state index is -2.85. The van der Waals surface area contributed by atoms with Gasteiger partial charge < -0.3 is 65.1 Å². The molecule has 2 aliphatic heterocycles. The second-order valence-corrected chi connectivity index (χ2v) is 15.6. The third-order valence-corrected chi connectivity index (χ3v) is 10.7. The summed E-state index contributed by atoms with van der Waals surface area (Å²) in [5, 5.41) is 85.8. The smallest absolute Gasteiger partial charge is 0.308 e. The summed E-state index contributed by atoms with van der Waals surface area (Å²) in [6.45, 7) is 2.93. The van der Waals surface area contributed by atoms with Crippen LogP contribution in [0.15, 0.2) is 0 Å². The molecule has 9 N–H and O–H groups in total. The molecule has 1 amide bonds. The summed E-state index contributed by atoms with van der Waals surface area (Å²) in [4.78, 5) is 26.3. The fraction of sp³-hybridized carbons (Fsp3) is 0.950. The monoisotopic (exact) mass is 794 g/mol. The van der Waals surface area contributed by atoms with E-state index in [0.29, 0.717) is 19.3 Å². The van der Waals surface area contributed by atoms with E-state index in [4.69, 9.17) is 18.9 Å². The first-order valence-electron chi connectivity index (χ1n) is 21.2. The van der Waals surface area contributed by atoms with Crippen LogP contribution < -0.4 is 5.32 Å². The van der Waals surface area contributed by atoms with Crippen molar-refractivity contribution >= 4 is 11.9 Å². The molecule has 0 saturated carbocycles. The Kier molecular flexibility index (Phi) is 25.3. The Morgan fingerprint density at radius 1 is 0.727 bits per heavy atom. The number of aliphatic hydroxyl groups is 8. The van der Waals surface area contributed by atoms with Gasteiger partial charge in [-0.05, 0) is 19.3 Å². The molecule has 2 aliphatic rings. The third-order valence-electron chi connectivity index (χ3n) is 10.7. The van der Waals surface area contributed by atoms with Crippen LogP contribution in [-0.2, 0) is 28.5 Å². The number of esters is 1. The molecule has 2 saturated heterocycles. The highest BCUT2D eigenvalue weighted by molar-refractivity contribution is 5.78. The summed E-state index contributed by atoms with van der Waals surface area (Å²) in [5.74, 6) is -1.54. The molecule has 0 aromatic carbocycles. The van der Waals surface area contributed by atoms with Crippen molar-refractivity contribution < 1.29 is 69.4 Å². The van der Waals surface area contributed by atoms with E-state index in [-0.39, 0.29) is 12.8 Å². The molecule has 2 fully saturated rings. The summed E-state index contributed by atoms with van der Waals surface area (Å²) in [6.07, 6.45) is 5.07. The van der Waals surface area contributed by atoms with Crippen LogP contribution in [0.2, 0.25) is 0 Å². The van der Waals surface area contributed by atoms with Crippen molar-refractivity contribution in [1.82, 2.24) is 5.32 Å². The van der Waals surface area contributed by atoms with Crippen molar-refractivity contribution in [2.75, 3.05) is 13.2 Å². The van der Waals surface area contributed by atoms with E-state index in [1.54, 1.807) is 0 Å². The van der Waals surface area contributed by atoms with Gasteiger partial charge >= 0.3 is 5.97 Å². The summed E-state index contributed by atoms with van der Waals surface area (Å²) < 4.78 is 22.2. The molecule has 55 heavy (non-hydrogen) atoms. The van der Waals surface area contributed by atoms with Gasteiger partial charge in [0.05, 0.1) is 38.3 Å². The minimum Gasteiger partial charge on any atom is -0.462 e. The molecule has 0 aliphatic carbocycles. The van der Waals surface area contributed by atoms with Gasteiger partial charge in [0.1, 0.15) is 36.6 Å². The first-order valence-corrected chi connectivity index (χ1v) is 21.2. The number of carbonyl (C=O) groups is 2. The van der Waals surface area contributed by atoms with Gasteiger partial charge in [0, 0.05) is 6.42 Å². The Bertz CT molecular complexity index is 1020. The van der Waals surface area contributed by atoms with Crippen LogP contribution in [0.5, 0.6) is 0 Å². The third kappa shape index (κ3) is 18.3. The molecule has 0 bridgehead atoms. The quantitative estimate of drug-likeness (QED) is 0.0289. The number of ether oxygens (including phenoxy) is 4. The second-order valence-electron chi connectivity index (χ2n) is 15.6. The average molecular weight is 794 g/mol. The van der Waals surface area contributed by atoms with Crippen LogP contribution in [-0.4, -0.2) is 133 Å². The maximum absolute atomic E-state index is 13.4. The fourth-order valence-electron chi connectivity index (χ4n) is 7.31. The highest BCUT2D eigenvalue weighted by atomic mass is 16.7. The molecule has 0 radical (unpaired) electrons. The predicted molar refractivity (Wildman–Crippen MR) is 203 cm³/mol. The summed E-state index contributed by atoms with van der Waals surface area (Å²) in [5.41, 5.74) is -2.85. The molecule has 2 heterocycles. The van der Waals surface area contributed by atoms with E-state index in [2.05, 4.69) is 19.2 Å². The molecule has 0 spiro atoms. The Morgan fingerprint density at radius 2 is 1.24 bits per heavy atom. The lowest BCUT2D eigenvalue weighted by molar-refractivity contribution is -0.366. The SMILES string of the molecule is CCCCCCCCCCC[C@@H](O)CC(=O)O[C@H](CCCCCCCCCCC)CC(=O)N[C@]1(O)[C@H](O)O[C@H](CO)[C@@H](O[C@H]2C[C@@H](O)[C@H](O)[C@@H](CO)O2)[C@@H]1O. The Morgan fingerprint density at radius 3 is 1.76 bits per heavy atom. The standard InChI is InChI=1S/C40H75NO14/c1-3-5-7-9-11-13-15-17-19-21-28(44)23-34(47)52-29(22-20-18-16-14-12-10-8-6-4-2)24-33(46)41-40(51)38(49)37(32(27-43)54-39(40)50)55-35-25-30(45)36(48)31(26-42)53-35/h28-32,35-39,42-45,48-51H,3-27H2,1-2H3,(H,41,46)/t28-,29-,30-,31-,32-,35+,36+,37-,38+,39-,40-/m1/s1. The molecule has 324 valence electrons. The van der Waals surface area contributed by atoms with Gasteiger partial charge in [-0.3, -0.25) is 9.59 Å². The van der Waals surface area contributed by atoms with Crippen LogP contribution >= 0.6 is 0 Å². The van der Waals surface area contributed by atoms with Crippen molar-refractivity contribution in [3.63, 3.8) is 0 Å². The van der Waals surface area contributed by atoms with Crippen molar-refractivity contribution in [3.05, 3.63) is 0 Å². The molecule has 11 atom stereocenters. The molecular formula is C40H75NO14. The number of aliphatic hydroxyl groups excluding tert-OH is 7. The Hall–Kier alpha value is -1.50.